The molecular weight excluding hydrogens is 275 g/mol. The summed E-state index contributed by atoms with van der Waals surface area (Å²) in [7, 11) is 0. The molecule has 1 saturated carbocycles. The van der Waals surface area contributed by atoms with Gasteiger partial charge in [0, 0.05) is 11.7 Å². The summed E-state index contributed by atoms with van der Waals surface area (Å²) in [5, 5.41) is 11.5. The van der Waals surface area contributed by atoms with Gasteiger partial charge in [-0.25, -0.2) is 9.18 Å². The number of carboxylic acids is 1. The highest BCUT2D eigenvalue weighted by atomic mass is 19.1. The predicted octanol–water partition coefficient (Wildman–Crippen LogP) is 3.00. The molecule has 0 unspecified atom stereocenters. The first-order chi connectivity index (χ1) is 9.97. The standard InChI is InChI=1S/C15H19FN2O3/c1-10-6-7-11(8-13(10)16)17-15(21)18(9-14(19)20)12-4-2-3-5-12/h6-8,12H,2-5,9H2,1H3,(H,17,21)(H,19,20). The van der Waals surface area contributed by atoms with Crippen molar-refractivity contribution >= 4 is 17.7 Å². The fraction of sp³-hybridized carbons (Fsp3) is 0.467. The van der Waals surface area contributed by atoms with E-state index in [1.54, 1.807) is 19.1 Å². The van der Waals surface area contributed by atoms with E-state index in [1.165, 1.54) is 11.0 Å². The third-order valence-corrected chi connectivity index (χ3v) is 3.76. The van der Waals surface area contributed by atoms with E-state index in [0.29, 0.717) is 11.3 Å². The molecule has 1 aliphatic carbocycles. The molecule has 0 radical (unpaired) electrons. The largest absolute Gasteiger partial charge is 0.480 e. The molecule has 0 saturated heterocycles. The summed E-state index contributed by atoms with van der Waals surface area (Å²) in [6.45, 7) is 1.29. The smallest absolute Gasteiger partial charge is 0.323 e. The Morgan fingerprint density at radius 3 is 2.62 bits per heavy atom. The second kappa shape index (κ2) is 6.56. The van der Waals surface area contributed by atoms with Crippen molar-refractivity contribution in [3.8, 4) is 0 Å². The zero-order valence-corrected chi connectivity index (χ0v) is 11.9. The Balaban J connectivity index is 2.09. The number of urea groups is 1. The van der Waals surface area contributed by atoms with Crippen LogP contribution in [0, 0.1) is 12.7 Å². The number of anilines is 1. The second-order valence-corrected chi connectivity index (χ2v) is 5.35. The van der Waals surface area contributed by atoms with Gasteiger partial charge >= 0.3 is 12.0 Å². The number of rotatable bonds is 4. The number of hydrogen-bond donors (Lipinski definition) is 2. The van der Waals surface area contributed by atoms with E-state index < -0.39 is 17.8 Å². The van der Waals surface area contributed by atoms with Gasteiger partial charge in [-0.05, 0) is 37.5 Å². The number of aliphatic carboxylic acids is 1. The molecular formula is C15H19FN2O3. The van der Waals surface area contributed by atoms with Gasteiger partial charge in [-0.15, -0.1) is 0 Å². The Bertz CT molecular complexity index is 542. The molecule has 0 atom stereocenters. The van der Waals surface area contributed by atoms with E-state index in [9.17, 15) is 14.0 Å². The van der Waals surface area contributed by atoms with Gasteiger partial charge in [-0.1, -0.05) is 18.9 Å². The van der Waals surface area contributed by atoms with Crippen molar-refractivity contribution in [3.63, 3.8) is 0 Å². The summed E-state index contributed by atoms with van der Waals surface area (Å²) in [6, 6.07) is 3.86. The van der Waals surface area contributed by atoms with Crippen LogP contribution in [0.4, 0.5) is 14.9 Å². The summed E-state index contributed by atoms with van der Waals surface area (Å²) in [5.74, 6) is -1.45. The molecule has 1 fully saturated rings. The summed E-state index contributed by atoms with van der Waals surface area (Å²) in [4.78, 5) is 24.5. The second-order valence-electron chi connectivity index (χ2n) is 5.35. The van der Waals surface area contributed by atoms with E-state index in [4.69, 9.17) is 5.11 Å². The van der Waals surface area contributed by atoms with Crippen LogP contribution in [-0.4, -0.2) is 34.6 Å². The number of amides is 2. The first-order valence-corrected chi connectivity index (χ1v) is 7.03. The first-order valence-electron chi connectivity index (χ1n) is 7.03. The maximum atomic E-state index is 13.5. The number of hydrogen-bond acceptors (Lipinski definition) is 2. The highest BCUT2D eigenvalue weighted by Crippen LogP contribution is 2.24. The van der Waals surface area contributed by atoms with Crippen LogP contribution in [0.3, 0.4) is 0 Å². The molecule has 1 aromatic carbocycles. The molecule has 0 heterocycles. The Morgan fingerprint density at radius 1 is 1.38 bits per heavy atom. The van der Waals surface area contributed by atoms with E-state index in [2.05, 4.69) is 5.32 Å². The van der Waals surface area contributed by atoms with Crippen LogP contribution in [0.1, 0.15) is 31.2 Å². The Hall–Kier alpha value is -2.11. The number of carbonyl (C=O) groups excluding carboxylic acids is 1. The number of carboxylic acid groups (broad SMARTS) is 1. The molecule has 0 aromatic heterocycles. The highest BCUT2D eigenvalue weighted by Gasteiger charge is 2.28. The normalized spacial score (nSPS) is 15.0. The maximum Gasteiger partial charge on any atom is 0.323 e. The SMILES string of the molecule is Cc1ccc(NC(=O)N(CC(=O)O)C2CCCC2)cc1F. The third-order valence-electron chi connectivity index (χ3n) is 3.76. The van der Waals surface area contributed by atoms with Crippen molar-refractivity contribution in [1.29, 1.82) is 0 Å². The summed E-state index contributed by atoms with van der Waals surface area (Å²) in [6.07, 6.45) is 3.60. The summed E-state index contributed by atoms with van der Waals surface area (Å²) < 4.78 is 13.5. The topological polar surface area (TPSA) is 69.6 Å². The van der Waals surface area contributed by atoms with Crippen molar-refractivity contribution < 1.29 is 19.1 Å². The molecule has 1 aliphatic rings. The van der Waals surface area contributed by atoms with Crippen LogP contribution < -0.4 is 5.32 Å². The van der Waals surface area contributed by atoms with Crippen LogP contribution >= 0.6 is 0 Å². The van der Waals surface area contributed by atoms with Gasteiger partial charge in [-0.3, -0.25) is 4.79 Å². The molecule has 0 spiro atoms. The van der Waals surface area contributed by atoms with Crippen molar-refractivity contribution in [2.75, 3.05) is 11.9 Å². The number of benzene rings is 1. The minimum atomic E-state index is -1.05. The monoisotopic (exact) mass is 294 g/mol. The highest BCUT2D eigenvalue weighted by molar-refractivity contribution is 5.91. The van der Waals surface area contributed by atoms with Crippen molar-refractivity contribution in [2.45, 2.75) is 38.6 Å². The van der Waals surface area contributed by atoms with Crippen LogP contribution in [0.15, 0.2) is 18.2 Å². The molecule has 2 rings (SSSR count). The lowest BCUT2D eigenvalue weighted by Crippen LogP contribution is -2.44. The summed E-state index contributed by atoms with van der Waals surface area (Å²) >= 11 is 0. The van der Waals surface area contributed by atoms with Gasteiger partial charge in [-0.2, -0.15) is 0 Å². The number of nitrogens with one attached hydrogen (secondary N) is 1. The molecule has 0 bridgehead atoms. The maximum absolute atomic E-state index is 13.5. The minimum absolute atomic E-state index is 0.0589. The zero-order valence-electron chi connectivity index (χ0n) is 11.9. The van der Waals surface area contributed by atoms with Gasteiger partial charge < -0.3 is 15.3 Å². The first kappa shape index (κ1) is 15.3. The predicted molar refractivity (Wildman–Crippen MR) is 76.8 cm³/mol. The van der Waals surface area contributed by atoms with Crippen molar-refractivity contribution in [2.24, 2.45) is 0 Å². The number of halogens is 1. The van der Waals surface area contributed by atoms with E-state index >= 15 is 0 Å². The molecule has 1 aromatic rings. The molecule has 21 heavy (non-hydrogen) atoms. The van der Waals surface area contributed by atoms with Gasteiger partial charge in [0.25, 0.3) is 0 Å². The Kier molecular flexibility index (Phi) is 4.77. The quantitative estimate of drug-likeness (QED) is 0.897. The molecule has 6 heteroatoms. The van der Waals surface area contributed by atoms with Crippen LogP contribution in [-0.2, 0) is 4.79 Å². The van der Waals surface area contributed by atoms with Gasteiger partial charge in [0.05, 0.1) is 0 Å². The van der Waals surface area contributed by atoms with Crippen LogP contribution in [0.2, 0.25) is 0 Å². The average Bonchev–Trinajstić information content (AvgIpc) is 2.93. The van der Waals surface area contributed by atoms with Gasteiger partial charge in [0.1, 0.15) is 12.4 Å². The van der Waals surface area contributed by atoms with Crippen molar-refractivity contribution in [1.82, 2.24) is 4.90 Å². The zero-order chi connectivity index (χ0) is 15.4. The van der Waals surface area contributed by atoms with E-state index in [1.807, 2.05) is 0 Å². The number of carbonyl (C=O) groups is 2. The molecule has 0 aliphatic heterocycles. The van der Waals surface area contributed by atoms with Crippen LogP contribution in [0.5, 0.6) is 0 Å². The lowest BCUT2D eigenvalue weighted by atomic mass is 10.2. The molecule has 114 valence electrons. The fourth-order valence-electron chi connectivity index (χ4n) is 2.59. The lowest BCUT2D eigenvalue weighted by Gasteiger charge is -2.27. The summed E-state index contributed by atoms with van der Waals surface area (Å²) in [5.41, 5.74) is 0.822. The van der Waals surface area contributed by atoms with Crippen LogP contribution in [0.25, 0.3) is 0 Å². The average molecular weight is 294 g/mol. The Morgan fingerprint density at radius 2 is 2.05 bits per heavy atom. The van der Waals surface area contributed by atoms with E-state index in [0.717, 1.165) is 25.7 Å². The third kappa shape index (κ3) is 3.93. The van der Waals surface area contributed by atoms with Gasteiger partial charge in [0.15, 0.2) is 0 Å². The molecule has 2 N–H and O–H groups in total. The number of aryl methyl sites for hydroxylation is 1. The lowest BCUT2D eigenvalue weighted by molar-refractivity contribution is -0.138. The Labute approximate surface area is 122 Å². The van der Waals surface area contributed by atoms with Gasteiger partial charge in [0.2, 0.25) is 0 Å². The number of nitrogens with zero attached hydrogens (tertiary/aromatic N) is 1. The molecule has 2 amide bonds. The van der Waals surface area contributed by atoms with Crippen molar-refractivity contribution in [3.05, 3.63) is 29.6 Å². The minimum Gasteiger partial charge on any atom is -0.480 e. The van der Waals surface area contributed by atoms with E-state index in [-0.39, 0.29) is 12.6 Å². The molecule has 5 nitrogen and oxygen atoms in total. The fourth-order valence-corrected chi connectivity index (χ4v) is 2.59.